The third kappa shape index (κ3) is 10.3. The van der Waals surface area contributed by atoms with Crippen LogP contribution in [0.5, 0.6) is 0 Å². The first kappa shape index (κ1) is 20.6. The number of carbonyl (C=O) groups is 2. The van der Waals surface area contributed by atoms with Gasteiger partial charge in [-0.1, -0.05) is 13.5 Å². The number of nitrogens with one attached hydrogen (secondary N) is 1. The van der Waals surface area contributed by atoms with Gasteiger partial charge in [0.25, 0.3) is 0 Å². The highest BCUT2D eigenvalue weighted by Crippen LogP contribution is 2.11. The van der Waals surface area contributed by atoms with Gasteiger partial charge in [-0.15, -0.1) is 0 Å². The SMILES string of the molecule is C=C(C)C(=O)OC(CC)CC(NCCCC(C)O)OC(C)=O. The fourth-order valence-corrected chi connectivity index (χ4v) is 1.82. The predicted octanol–water partition coefficient (Wildman–Crippen LogP) is 1.91. The Morgan fingerprint density at radius 2 is 1.91 bits per heavy atom. The molecule has 0 bridgehead atoms. The van der Waals surface area contributed by atoms with Crippen LogP contribution in [0.3, 0.4) is 0 Å². The maximum Gasteiger partial charge on any atom is 0.333 e. The molecule has 128 valence electrons. The van der Waals surface area contributed by atoms with E-state index < -0.39 is 18.2 Å². The molecule has 0 radical (unpaired) electrons. The highest BCUT2D eigenvalue weighted by molar-refractivity contribution is 5.87. The molecule has 6 nitrogen and oxygen atoms in total. The predicted molar refractivity (Wildman–Crippen MR) is 84.1 cm³/mol. The van der Waals surface area contributed by atoms with Crippen LogP contribution in [0.25, 0.3) is 0 Å². The highest BCUT2D eigenvalue weighted by Gasteiger charge is 2.20. The third-order valence-electron chi connectivity index (χ3n) is 3.03. The van der Waals surface area contributed by atoms with Crippen LogP contribution in [0.1, 0.15) is 53.4 Å². The number of carbonyl (C=O) groups excluding carboxylic acids is 2. The molecule has 0 aliphatic carbocycles. The molecule has 0 aliphatic heterocycles. The topological polar surface area (TPSA) is 84.9 Å². The first-order valence-electron chi connectivity index (χ1n) is 7.71. The van der Waals surface area contributed by atoms with Gasteiger partial charge in [0, 0.05) is 18.9 Å². The van der Waals surface area contributed by atoms with Crippen molar-refractivity contribution in [2.45, 2.75) is 71.8 Å². The lowest BCUT2D eigenvalue weighted by atomic mass is 10.1. The summed E-state index contributed by atoms with van der Waals surface area (Å²) in [5.74, 6) is -0.836. The Kier molecular flexibility index (Phi) is 10.5. The van der Waals surface area contributed by atoms with E-state index in [1.54, 1.807) is 13.8 Å². The van der Waals surface area contributed by atoms with Crippen LogP contribution in [-0.4, -0.2) is 42.0 Å². The zero-order chi connectivity index (χ0) is 17.1. The van der Waals surface area contributed by atoms with Crippen molar-refractivity contribution < 1.29 is 24.2 Å². The van der Waals surface area contributed by atoms with Crippen LogP contribution in [0.15, 0.2) is 12.2 Å². The molecular formula is C16H29NO5. The number of esters is 2. The van der Waals surface area contributed by atoms with Gasteiger partial charge in [-0.05, 0) is 39.7 Å². The van der Waals surface area contributed by atoms with E-state index in [4.69, 9.17) is 9.47 Å². The van der Waals surface area contributed by atoms with Crippen molar-refractivity contribution in [2.75, 3.05) is 6.54 Å². The van der Waals surface area contributed by atoms with E-state index in [1.807, 2.05) is 6.92 Å². The summed E-state index contributed by atoms with van der Waals surface area (Å²) in [6, 6.07) is 0. The minimum Gasteiger partial charge on any atom is -0.459 e. The summed E-state index contributed by atoms with van der Waals surface area (Å²) >= 11 is 0. The summed E-state index contributed by atoms with van der Waals surface area (Å²) in [4.78, 5) is 22.7. The smallest absolute Gasteiger partial charge is 0.333 e. The van der Waals surface area contributed by atoms with Crippen molar-refractivity contribution in [2.24, 2.45) is 0 Å². The Labute approximate surface area is 132 Å². The van der Waals surface area contributed by atoms with E-state index in [1.165, 1.54) is 6.92 Å². The normalized spacial score (nSPS) is 14.8. The monoisotopic (exact) mass is 315 g/mol. The summed E-state index contributed by atoms with van der Waals surface area (Å²) in [7, 11) is 0. The van der Waals surface area contributed by atoms with Gasteiger partial charge in [0.2, 0.25) is 0 Å². The molecule has 0 fully saturated rings. The van der Waals surface area contributed by atoms with E-state index >= 15 is 0 Å². The molecule has 2 N–H and O–H groups in total. The second kappa shape index (κ2) is 11.2. The van der Waals surface area contributed by atoms with Gasteiger partial charge in [0.1, 0.15) is 6.10 Å². The molecule has 0 aromatic carbocycles. The molecule has 22 heavy (non-hydrogen) atoms. The molecule has 0 rings (SSSR count). The minimum absolute atomic E-state index is 0.340. The van der Waals surface area contributed by atoms with E-state index in [-0.39, 0.29) is 12.2 Å². The molecule has 0 saturated heterocycles. The second-order valence-corrected chi connectivity index (χ2v) is 5.50. The number of hydrogen-bond donors (Lipinski definition) is 2. The van der Waals surface area contributed by atoms with Crippen LogP contribution in [-0.2, 0) is 19.1 Å². The summed E-state index contributed by atoms with van der Waals surface area (Å²) in [6.45, 7) is 10.7. The fourth-order valence-electron chi connectivity index (χ4n) is 1.82. The van der Waals surface area contributed by atoms with E-state index in [9.17, 15) is 14.7 Å². The number of aliphatic hydroxyl groups is 1. The lowest BCUT2D eigenvalue weighted by Crippen LogP contribution is -2.38. The van der Waals surface area contributed by atoms with Gasteiger partial charge >= 0.3 is 11.9 Å². The molecule has 3 unspecified atom stereocenters. The minimum atomic E-state index is -0.519. The van der Waals surface area contributed by atoms with E-state index in [2.05, 4.69) is 11.9 Å². The average molecular weight is 315 g/mol. The molecule has 6 heteroatoms. The Hall–Kier alpha value is -1.40. The number of rotatable bonds is 11. The number of ether oxygens (including phenoxy) is 2. The van der Waals surface area contributed by atoms with E-state index in [0.29, 0.717) is 31.4 Å². The van der Waals surface area contributed by atoms with E-state index in [0.717, 1.165) is 6.42 Å². The van der Waals surface area contributed by atoms with Crippen molar-refractivity contribution in [3.8, 4) is 0 Å². The van der Waals surface area contributed by atoms with Gasteiger partial charge in [0.05, 0.1) is 6.10 Å². The summed E-state index contributed by atoms with van der Waals surface area (Å²) in [5, 5.41) is 12.3. The Morgan fingerprint density at radius 1 is 1.27 bits per heavy atom. The summed E-state index contributed by atoms with van der Waals surface area (Å²) in [5.41, 5.74) is 0.340. The molecule has 0 heterocycles. The molecule has 0 aromatic rings. The Bertz CT molecular complexity index is 368. The van der Waals surface area contributed by atoms with Crippen molar-refractivity contribution in [3.63, 3.8) is 0 Å². The van der Waals surface area contributed by atoms with Crippen molar-refractivity contribution in [1.82, 2.24) is 5.32 Å². The third-order valence-corrected chi connectivity index (χ3v) is 3.03. The molecule has 0 aromatic heterocycles. The van der Waals surface area contributed by atoms with Crippen LogP contribution in [0, 0.1) is 0 Å². The standard InChI is InChI=1S/C16H29NO5/c1-6-14(22-16(20)11(2)3)10-15(21-13(5)19)17-9-7-8-12(4)18/h12,14-15,17-18H,2,6-10H2,1,3-5H3. The zero-order valence-corrected chi connectivity index (χ0v) is 14.1. The zero-order valence-electron chi connectivity index (χ0n) is 14.1. The molecule has 0 saturated carbocycles. The van der Waals surface area contributed by atoms with Gasteiger partial charge in [0.15, 0.2) is 6.23 Å². The molecular weight excluding hydrogens is 286 g/mol. The van der Waals surface area contributed by atoms with Crippen LogP contribution in [0.2, 0.25) is 0 Å². The molecule has 0 amide bonds. The van der Waals surface area contributed by atoms with Crippen molar-refractivity contribution in [1.29, 1.82) is 0 Å². The fraction of sp³-hybridized carbons (Fsp3) is 0.750. The Balaban J connectivity index is 4.43. The van der Waals surface area contributed by atoms with Gasteiger partial charge in [-0.25, -0.2) is 4.79 Å². The summed E-state index contributed by atoms with van der Waals surface area (Å²) < 4.78 is 10.5. The van der Waals surface area contributed by atoms with Gasteiger partial charge in [-0.2, -0.15) is 0 Å². The second-order valence-electron chi connectivity index (χ2n) is 5.50. The molecule has 0 aliphatic rings. The average Bonchev–Trinajstić information content (AvgIpc) is 2.41. The first-order chi connectivity index (χ1) is 10.3. The van der Waals surface area contributed by atoms with Gasteiger partial charge < -0.3 is 14.6 Å². The van der Waals surface area contributed by atoms with Crippen LogP contribution < -0.4 is 5.32 Å². The Morgan fingerprint density at radius 3 is 2.36 bits per heavy atom. The lowest BCUT2D eigenvalue weighted by molar-refractivity contribution is -0.153. The first-order valence-corrected chi connectivity index (χ1v) is 7.71. The van der Waals surface area contributed by atoms with Crippen LogP contribution in [0.4, 0.5) is 0 Å². The van der Waals surface area contributed by atoms with Crippen molar-refractivity contribution in [3.05, 3.63) is 12.2 Å². The number of aliphatic hydroxyl groups excluding tert-OH is 1. The maximum absolute atomic E-state index is 11.6. The lowest BCUT2D eigenvalue weighted by Gasteiger charge is -2.24. The summed E-state index contributed by atoms with van der Waals surface area (Å²) in [6.07, 6.45) is 1.20. The largest absolute Gasteiger partial charge is 0.459 e. The molecule has 0 spiro atoms. The number of hydrogen-bond acceptors (Lipinski definition) is 6. The maximum atomic E-state index is 11.6. The molecule has 3 atom stereocenters. The quantitative estimate of drug-likeness (QED) is 0.262. The van der Waals surface area contributed by atoms with Crippen molar-refractivity contribution >= 4 is 11.9 Å². The van der Waals surface area contributed by atoms with Gasteiger partial charge in [-0.3, -0.25) is 10.1 Å². The van der Waals surface area contributed by atoms with Crippen LogP contribution >= 0.6 is 0 Å². The highest BCUT2D eigenvalue weighted by atomic mass is 16.6.